The molecule has 0 fully saturated rings. The molecule has 0 radical (unpaired) electrons. The number of anilines is 1. The SMILES string of the molecule is COC(=O)c1ccccc1NC(=O)Oc1ccc(C(C)C)cc1. The maximum absolute atomic E-state index is 12.0. The molecule has 0 heterocycles. The van der Waals surface area contributed by atoms with Crippen LogP contribution >= 0.6 is 0 Å². The fraction of sp³-hybridized carbons (Fsp3) is 0.222. The minimum Gasteiger partial charge on any atom is -0.465 e. The van der Waals surface area contributed by atoms with Crippen LogP contribution in [-0.4, -0.2) is 19.2 Å². The number of nitrogens with one attached hydrogen (secondary N) is 1. The van der Waals surface area contributed by atoms with Crippen LogP contribution in [0.25, 0.3) is 0 Å². The Morgan fingerprint density at radius 2 is 1.65 bits per heavy atom. The van der Waals surface area contributed by atoms with Crippen molar-refractivity contribution < 1.29 is 19.1 Å². The molecule has 2 aromatic carbocycles. The van der Waals surface area contributed by atoms with Crippen LogP contribution in [0, 0.1) is 0 Å². The molecule has 120 valence electrons. The van der Waals surface area contributed by atoms with Crippen molar-refractivity contribution in [3.05, 3.63) is 59.7 Å². The highest BCUT2D eigenvalue weighted by molar-refractivity contribution is 5.99. The molecule has 0 aromatic heterocycles. The lowest BCUT2D eigenvalue weighted by molar-refractivity contribution is 0.0602. The average molecular weight is 313 g/mol. The summed E-state index contributed by atoms with van der Waals surface area (Å²) >= 11 is 0. The number of amides is 1. The molecule has 0 aliphatic heterocycles. The first-order valence-electron chi connectivity index (χ1n) is 7.27. The van der Waals surface area contributed by atoms with Crippen molar-refractivity contribution in [3.8, 4) is 5.75 Å². The first-order valence-corrected chi connectivity index (χ1v) is 7.27. The standard InChI is InChI=1S/C18H19NO4/c1-12(2)13-8-10-14(11-9-13)23-18(21)19-16-7-5-4-6-15(16)17(20)22-3/h4-12H,1-3H3,(H,19,21). The highest BCUT2D eigenvalue weighted by Gasteiger charge is 2.14. The number of rotatable bonds is 4. The quantitative estimate of drug-likeness (QED) is 0.859. The lowest BCUT2D eigenvalue weighted by Crippen LogP contribution is -2.19. The molecule has 1 N–H and O–H groups in total. The van der Waals surface area contributed by atoms with Gasteiger partial charge in [-0.3, -0.25) is 5.32 Å². The fourth-order valence-corrected chi connectivity index (χ4v) is 2.04. The van der Waals surface area contributed by atoms with Gasteiger partial charge in [0.15, 0.2) is 0 Å². The predicted octanol–water partition coefficient (Wildman–Crippen LogP) is 4.21. The van der Waals surface area contributed by atoms with E-state index in [1.807, 2.05) is 12.1 Å². The van der Waals surface area contributed by atoms with Crippen molar-refractivity contribution in [3.63, 3.8) is 0 Å². The Balaban J connectivity index is 2.07. The first-order chi connectivity index (χ1) is 11.0. The Morgan fingerprint density at radius 3 is 2.26 bits per heavy atom. The highest BCUT2D eigenvalue weighted by Crippen LogP contribution is 2.20. The van der Waals surface area contributed by atoms with Gasteiger partial charge in [-0.1, -0.05) is 38.1 Å². The Morgan fingerprint density at radius 1 is 1.00 bits per heavy atom. The van der Waals surface area contributed by atoms with E-state index in [0.29, 0.717) is 17.4 Å². The second-order valence-corrected chi connectivity index (χ2v) is 5.28. The number of carbonyl (C=O) groups excluding carboxylic acids is 2. The smallest absolute Gasteiger partial charge is 0.417 e. The zero-order chi connectivity index (χ0) is 16.8. The molecule has 0 aliphatic carbocycles. The van der Waals surface area contributed by atoms with E-state index in [1.165, 1.54) is 7.11 Å². The van der Waals surface area contributed by atoms with E-state index in [9.17, 15) is 9.59 Å². The van der Waals surface area contributed by atoms with Gasteiger partial charge in [-0.05, 0) is 35.7 Å². The summed E-state index contributed by atoms with van der Waals surface area (Å²) in [7, 11) is 1.29. The summed E-state index contributed by atoms with van der Waals surface area (Å²) in [4.78, 5) is 23.6. The van der Waals surface area contributed by atoms with E-state index in [-0.39, 0.29) is 5.56 Å². The van der Waals surface area contributed by atoms with Crippen LogP contribution in [0.3, 0.4) is 0 Å². The molecular weight excluding hydrogens is 294 g/mol. The molecule has 0 atom stereocenters. The summed E-state index contributed by atoms with van der Waals surface area (Å²) in [6.07, 6.45) is -0.668. The fourth-order valence-electron chi connectivity index (χ4n) is 2.04. The molecule has 0 aliphatic rings. The third-order valence-electron chi connectivity index (χ3n) is 3.33. The lowest BCUT2D eigenvalue weighted by Gasteiger charge is -2.11. The van der Waals surface area contributed by atoms with Crippen LogP contribution in [0.2, 0.25) is 0 Å². The van der Waals surface area contributed by atoms with Crippen molar-refractivity contribution in [2.45, 2.75) is 19.8 Å². The summed E-state index contributed by atoms with van der Waals surface area (Å²) in [5, 5.41) is 2.55. The third kappa shape index (κ3) is 4.32. The molecule has 23 heavy (non-hydrogen) atoms. The van der Waals surface area contributed by atoms with Gasteiger partial charge >= 0.3 is 12.1 Å². The van der Waals surface area contributed by atoms with Gasteiger partial charge in [0, 0.05) is 0 Å². The molecule has 2 aromatic rings. The van der Waals surface area contributed by atoms with Crippen LogP contribution in [0.4, 0.5) is 10.5 Å². The van der Waals surface area contributed by atoms with Gasteiger partial charge in [-0.25, -0.2) is 9.59 Å². The summed E-state index contributed by atoms with van der Waals surface area (Å²) in [5.74, 6) is 0.314. The predicted molar refractivity (Wildman–Crippen MR) is 88.0 cm³/mol. The van der Waals surface area contributed by atoms with E-state index in [0.717, 1.165) is 5.56 Å². The van der Waals surface area contributed by atoms with Crippen LogP contribution in [-0.2, 0) is 4.74 Å². The number of hydrogen-bond donors (Lipinski definition) is 1. The minimum absolute atomic E-state index is 0.266. The topological polar surface area (TPSA) is 64.6 Å². The van der Waals surface area contributed by atoms with E-state index < -0.39 is 12.1 Å². The molecule has 0 spiro atoms. The molecule has 0 bridgehead atoms. The van der Waals surface area contributed by atoms with Gasteiger partial charge < -0.3 is 9.47 Å². The Hall–Kier alpha value is -2.82. The Labute approximate surface area is 135 Å². The van der Waals surface area contributed by atoms with Gasteiger partial charge in [0.2, 0.25) is 0 Å². The number of esters is 1. The maximum atomic E-state index is 12.0. The van der Waals surface area contributed by atoms with Gasteiger partial charge in [-0.15, -0.1) is 0 Å². The largest absolute Gasteiger partial charge is 0.465 e. The van der Waals surface area contributed by atoms with E-state index in [4.69, 9.17) is 4.74 Å². The molecule has 2 rings (SSSR count). The number of hydrogen-bond acceptors (Lipinski definition) is 4. The number of ether oxygens (including phenoxy) is 2. The van der Waals surface area contributed by atoms with Crippen molar-refractivity contribution >= 4 is 17.7 Å². The first kappa shape index (κ1) is 16.5. The molecule has 5 heteroatoms. The molecule has 0 saturated carbocycles. The monoisotopic (exact) mass is 313 g/mol. The molecule has 0 unspecified atom stereocenters. The van der Waals surface area contributed by atoms with Crippen molar-refractivity contribution in [1.82, 2.24) is 0 Å². The molecule has 5 nitrogen and oxygen atoms in total. The molecule has 0 saturated heterocycles. The maximum Gasteiger partial charge on any atom is 0.417 e. The summed E-state index contributed by atoms with van der Waals surface area (Å²) in [6, 6.07) is 13.9. The van der Waals surface area contributed by atoms with Crippen molar-refractivity contribution in [2.24, 2.45) is 0 Å². The Kier molecular flexibility index (Phi) is 5.36. The third-order valence-corrected chi connectivity index (χ3v) is 3.33. The van der Waals surface area contributed by atoms with Gasteiger partial charge in [0.05, 0.1) is 18.4 Å². The number of methoxy groups -OCH3 is 1. The van der Waals surface area contributed by atoms with Gasteiger partial charge in [-0.2, -0.15) is 0 Å². The second kappa shape index (κ2) is 7.45. The molecular formula is C18H19NO4. The average Bonchev–Trinajstić information content (AvgIpc) is 2.55. The second-order valence-electron chi connectivity index (χ2n) is 5.28. The number of benzene rings is 2. The van der Waals surface area contributed by atoms with Crippen molar-refractivity contribution in [1.29, 1.82) is 0 Å². The zero-order valence-electron chi connectivity index (χ0n) is 13.3. The van der Waals surface area contributed by atoms with Crippen LogP contribution in [0.5, 0.6) is 5.75 Å². The van der Waals surface area contributed by atoms with E-state index >= 15 is 0 Å². The molecule has 1 amide bonds. The Bertz CT molecular complexity index is 692. The minimum atomic E-state index is -0.668. The van der Waals surface area contributed by atoms with Crippen LogP contribution in [0.15, 0.2) is 48.5 Å². The summed E-state index contributed by atoms with van der Waals surface area (Å²) in [6.45, 7) is 4.18. The summed E-state index contributed by atoms with van der Waals surface area (Å²) in [5.41, 5.74) is 1.76. The van der Waals surface area contributed by atoms with Crippen molar-refractivity contribution in [2.75, 3.05) is 12.4 Å². The lowest BCUT2D eigenvalue weighted by atomic mass is 10.0. The zero-order valence-corrected chi connectivity index (χ0v) is 13.3. The van der Waals surface area contributed by atoms with Crippen LogP contribution < -0.4 is 10.1 Å². The summed E-state index contributed by atoms with van der Waals surface area (Å²) < 4.78 is 9.90. The number of para-hydroxylation sites is 1. The van der Waals surface area contributed by atoms with Crippen LogP contribution in [0.1, 0.15) is 35.7 Å². The van der Waals surface area contributed by atoms with E-state index in [2.05, 4.69) is 23.9 Å². The normalized spacial score (nSPS) is 10.3. The number of carbonyl (C=O) groups is 2. The van der Waals surface area contributed by atoms with Gasteiger partial charge in [0.25, 0.3) is 0 Å². The van der Waals surface area contributed by atoms with E-state index in [1.54, 1.807) is 36.4 Å². The highest BCUT2D eigenvalue weighted by atomic mass is 16.6. The van der Waals surface area contributed by atoms with Gasteiger partial charge in [0.1, 0.15) is 5.75 Å².